The number of benzene rings is 1. The fourth-order valence-electron chi connectivity index (χ4n) is 2.49. The molecule has 0 amide bonds. The van der Waals surface area contributed by atoms with E-state index in [1.54, 1.807) is 0 Å². The van der Waals surface area contributed by atoms with Crippen molar-refractivity contribution in [3.05, 3.63) is 35.9 Å². The van der Waals surface area contributed by atoms with Gasteiger partial charge in [-0.2, -0.15) is 0 Å². The molecule has 4 heteroatoms. The third kappa shape index (κ3) is 6.93. The SMILES string of the molecule is CC(CCCCCC(C(=O)O)C(=O)O)Cc1ccccc1. The van der Waals surface area contributed by atoms with Crippen LogP contribution in [0.25, 0.3) is 0 Å². The summed E-state index contributed by atoms with van der Waals surface area (Å²) in [6.45, 7) is 2.21. The molecule has 2 N–H and O–H groups in total. The number of unbranched alkanes of at least 4 members (excludes halogenated alkanes) is 2. The van der Waals surface area contributed by atoms with E-state index in [-0.39, 0.29) is 6.42 Å². The van der Waals surface area contributed by atoms with E-state index in [9.17, 15) is 9.59 Å². The Kier molecular flexibility index (Phi) is 7.51. The summed E-state index contributed by atoms with van der Waals surface area (Å²) in [7, 11) is 0. The summed E-state index contributed by atoms with van der Waals surface area (Å²) in [4.78, 5) is 21.5. The molecule has 0 spiro atoms. The molecule has 0 fully saturated rings. The highest BCUT2D eigenvalue weighted by atomic mass is 16.4. The van der Waals surface area contributed by atoms with Gasteiger partial charge in [0.2, 0.25) is 0 Å². The summed E-state index contributed by atoms with van der Waals surface area (Å²) in [5.74, 6) is -3.14. The van der Waals surface area contributed by atoms with Crippen molar-refractivity contribution < 1.29 is 19.8 Å². The number of carbonyl (C=O) groups is 2. The highest BCUT2D eigenvalue weighted by Gasteiger charge is 2.24. The minimum Gasteiger partial charge on any atom is -0.481 e. The van der Waals surface area contributed by atoms with E-state index in [1.807, 2.05) is 18.2 Å². The molecular formula is C17H24O4. The van der Waals surface area contributed by atoms with Crippen LogP contribution in [0.15, 0.2) is 30.3 Å². The Balaban J connectivity index is 2.16. The molecule has 0 heterocycles. The number of rotatable bonds is 10. The van der Waals surface area contributed by atoms with Crippen molar-refractivity contribution in [3.8, 4) is 0 Å². The van der Waals surface area contributed by atoms with Crippen molar-refractivity contribution >= 4 is 11.9 Å². The number of hydrogen-bond acceptors (Lipinski definition) is 2. The van der Waals surface area contributed by atoms with Crippen LogP contribution in [0.5, 0.6) is 0 Å². The molecule has 0 saturated heterocycles. The van der Waals surface area contributed by atoms with E-state index in [1.165, 1.54) is 5.56 Å². The summed E-state index contributed by atoms with van der Waals surface area (Å²) in [6, 6.07) is 10.3. The molecule has 1 aromatic rings. The zero-order valence-electron chi connectivity index (χ0n) is 12.5. The Morgan fingerprint density at radius 3 is 2.10 bits per heavy atom. The predicted molar refractivity (Wildman–Crippen MR) is 81.2 cm³/mol. The maximum absolute atomic E-state index is 10.7. The molecule has 116 valence electrons. The fraction of sp³-hybridized carbons (Fsp3) is 0.529. The van der Waals surface area contributed by atoms with Crippen LogP contribution in [0.4, 0.5) is 0 Å². The maximum atomic E-state index is 10.7. The van der Waals surface area contributed by atoms with Gasteiger partial charge in [0.05, 0.1) is 0 Å². The van der Waals surface area contributed by atoms with Crippen LogP contribution >= 0.6 is 0 Å². The highest BCUT2D eigenvalue weighted by Crippen LogP contribution is 2.17. The smallest absolute Gasteiger partial charge is 0.317 e. The zero-order chi connectivity index (χ0) is 15.7. The van der Waals surface area contributed by atoms with Gasteiger partial charge in [0.15, 0.2) is 5.92 Å². The van der Waals surface area contributed by atoms with Gasteiger partial charge in [-0.15, -0.1) is 0 Å². The zero-order valence-corrected chi connectivity index (χ0v) is 12.5. The summed E-state index contributed by atoms with van der Waals surface area (Å²) < 4.78 is 0. The summed E-state index contributed by atoms with van der Waals surface area (Å²) in [6.07, 6.45) is 4.91. The van der Waals surface area contributed by atoms with E-state index in [0.717, 1.165) is 25.7 Å². The Labute approximate surface area is 125 Å². The number of aliphatic carboxylic acids is 2. The van der Waals surface area contributed by atoms with E-state index in [4.69, 9.17) is 10.2 Å². The lowest BCUT2D eigenvalue weighted by Gasteiger charge is -2.12. The minimum atomic E-state index is -1.26. The third-order valence-corrected chi connectivity index (χ3v) is 3.71. The average Bonchev–Trinajstić information content (AvgIpc) is 2.42. The molecule has 0 bridgehead atoms. The lowest BCUT2D eigenvalue weighted by atomic mass is 9.94. The molecule has 21 heavy (non-hydrogen) atoms. The first-order valence-corrected chi connectivity index (χ1v) is 7.50. The summed E-state index contributed by atoms with van der Waals surface area (Å²) in [5, 5.41) is 17.5. The van der Waals surface area contributed by atoms with Crippen LogP contribution < -0.4 is 0 Å². The monoisotopic (exact) mass is 292 g/mol. The fourth-order valence-corrected chi connectivity index (χ4v) is 2.49. The van der Waals surface area contributed by atoms with Gasteiger partial charge in [-0.1, -0.05) is 62.9 Å². The van der Waals surface area contributed by atoms with Crippen LogP contribution in [0, 0.1) is 11.8 Å². The molecule has 4 nitrogen and oxygen atoms in total. The first-order chi connectivity index (χ1) is 10.0. The van der Waals surface area contributed by atoms with E-state index >= 15 is 0 Å². The second kappa shape index (κ2) is 9.16. The normalized spacial score (nSPS) is 12.3. The number of hydrogen-bond donors (Lipinski definition) is 2. The Morgan fingerprint density at radius 1 is 0.952 bits per heavy atom. The van der Waals surface area contributed by atoms with Crippen LogP contribution in [0.1, 0.15) is 44.6 Å². The molecule has 0 aliphatic heterocycles. The van der Waals surface area contributed by atoms with Crippen molar-refractivity contribution in [3.63, 3.8) is 0 Å². The maximum Gasteiger partial charge on any atom is 0.317 e. The second-order valence-electron chi connectivity index (χ2n) is 5.66. The van der Waals surface area contributed by atoms with Gasteiger partial charge in [0.25, 0.3) is 0 Å². The van der Waals surface area contributed by atoms with Crippen LogP contribution in [0.2, 0.25) is 0 Å². The predicted octanol–water partition coefficient (Wildman–Crippen LogP) is 3.60. The van der Waals surface area contributed by atoms with Crippen molar-refractivity contribution in [2.45, 2.75) is 45.4 Å². The molecule has 1 unspecified atom stereocenters. The topological polar surface area (TPSA) is 74.6 Å². The van der Waals surface area contributed by atoms with Gasteiger partial charge < -0.3 is 10.2 Å². The summed E-state index contributed by atoms with van der Waals surface area (Å²) >= 11 is 0. The van der Waals surface area contributed by atoms with E-state index in [2.05, 4.69) is 19.1 Å². The van der Waals surface area contributed by atoms with Gasteiger partial charge in [-0.3, -0.25) is 9.59 Å². The van der Waals surface area contributed by atoms with Crippen LogP contribution in [-0.2, 0) is 16.0 Å². The second-order valence-corrected chi connectivity index (χ2v) is 5.66. The van der Waals surface area contributed by atoms with E-state index < -0.39 is 17.9 Å². The molecule has 1 aromatic carbocycles. The van der Waals surface area contributed by atoms with Crippen LogP contribution in [-0.4, -0.2) is 22.2 Å². The van der Waals surface area contributed by atoms with Gasteiger partial charge >= 0.3 is 11.9 Å². The Bertz CT molecular complexity index is 427. The van der Waals surface area contributed by atoms with Crippen molar-refractivity contribution in [1.82, 2.24) is 0 Å². The Hall–Kier alpha value is -1.84. The quantitative estimate of drug-likeness (QED) is 0.510. The molecule has 0 aliphatic carbocycles. The standard InChI is InChI=1S/C17H24O4/c1-13(12-14-9-5-3-6-10-14)8-4-2-7-11-15(16(18)19)17(20)21/h3,5-6,9-10,13,15H,2,4,7-8,11-12H2,1H3,(H,18,19)(H,20,21). The molecule has 1 atom stereocenters. The first-order valence-electron chi connectivity index (χ1n) is 7.50. The minimum absolute atomic E-state index is 0.220. The van der Waals surface area contributed by atoms with Gasteiger partial charge in [-0.25, -0.2) is 0 Å². The lowest BCUT2D eigenvalue weighted by molar-refractivity contribution is -0.154. The first kappa shape index (κ1) is 17.2. The Morgan fingerprint density at radius 2 is 1.52 bits per heavy atom. The van der Waals surface area contributed by atoms with E-state index in [0.29, 0.717) is 12.3 Å². The molecule has 0 aliphatic rings. The number of carboxylic acid groups (broad SMARTS) is 2. The van der Waals surface area contributed by atoms with Gasteiger partial charge in [-0.05, 0) is 24.3 Å². The van der Waals surface area contributed by atoms with Crippen molar-refractivity contribution in [1.29, 1.82) is 0 Å². The highest BCUT2D eigenvalue weighted by molar-refractivity contribution is 5.92. The lowest BCUT2D eigenvalue weighted by Crippen LogP contribution is -2.23. The molecule has 0 saturated carbocycles. The largest absolute Gasteiger partial charge is 0.481 e. The third-order valence-electron chi connectivity index (χ3n) is 3.71. The molecular weight excluding hydrogens is 268 g/mol. The molecule has 1 rings (SSSR count). The van der Waals surface area contributed by atoms with Gasteiger partial charge in [0, 0.05) is 0 Å². The van der Waals surface area contributed by atoms with Crippen molar-refractivity contribution in [2.24, 2.45) is 11.8 Å². The van der Waals surface area contributed by atoms with Gasteiger partial charge in [0.1, 0.15) is 0 Å². The van der Waals surface area contributed by atoms with Crippen LogP contribution in [0.3, 0.4) is 0 Å². The molecule has 0 aromatic heterocycles. The number of carboxylic acids is 2. The average molecular weight is 292 g/mol. The summed E-state index contributed by atoms with van der Waals surface area (Å²) in [5.41, 5.74) is 1.34. The molecule has 0 radical (unpaired) electrons. The van der Waals surface area contributed by atoms with Crippen molar-refractivity contribution in [2.75, 3.05) is 0 Å².